The van der Waals surface area contributed by atoms with Crippen molar-refractivity contribution in [2.75, 3.05) is 68.0 Å². The monoisotopic (exact) mass is 705 g/mol. The number of rotatable bonds is 8. The van der Waals surface area contributed by atoms with E-state index in [-0.39, 0.29) is 6.54 Å². The fourth-order valence-corrected chi connectivity index (χ4v) is 6.75. The van der Waals surface area contributed by atoms with Crippen LogP contribution < -0.4 is 15.5 Å². The van der Waals surface area contributed by atoms with Gasteiger partial charge >= 0.3 is 6.09 Å². The van der Waals surface area contributed by atoms with Crippen molar-refractivity contribution in [2.24, 2.45) is 0 Å². The maximum atomic E-state index is 15.2. The summed E-state index contributed by atoms with van der Waals surface area (Å²) in [5.41, 5.74) is 4.94. The Morgan fingerprint density at radius 3 is 2.40 bits per heavy atom. The van der Waals surface area contributed by atoms with Gasteiger partial charge in [0.05, 0.1) is 43.1 Å². The van der Waals surface area contributed by atoms with E-state index in [1.807, 2.05) is 18.2 Å². The maximum Gasteiger partial charge on any atom is 0.410 e. The number of likely N-dealkylation sites (tertiary alicyclic amines) is 1. The largest absolute Gasteiger partial charge is 0.444 e. The van der Waals surface area contributed by atoms with Crippen LogP contribution in [0.15, 0.2) is 73.1 Å². The van der Waals surface area contributed by atoms with Gasteiger partial charge in [0.15, 0.2) is 5.82 Å². The minimum absolute atomic E-state index is 0.0870. The molecule has 0 aliphatic carbocycles. The molecule has 3 aliphatic rings. The number of nitrogens with zero attached hydrogens (tertiary/aromatic N) is 7. The van der Waals surface area contributed by atoms with Crippen molar-refractivity contribution in [2.45, 2.75) is 51.0 Å². The van der Waals surface area contributed by atoms with E-state index in [2.05, 4.69) is 71.8 Å². The first-order valence-corrected chi connectivity index (χ1v) is 17.8. The summed E-state index contributed by atoms with van der Waals surface area (Å²) in [6.07, 6.45) is -0.0571. The van der Waals surface area contributed by atoms with E-state index < -0.39 is 23.9 Å². The Hall–Kier alpha value is -5.32. The molecule has 0 bridgehead atoms. The van der Waals surface area contributed by atoms with Crippen molar-refractivity contribution in [3.05, 3.63) is 78.6 Å². The van der Waals surface area contributed by atoms with Crippen molar-refractivity contribution in [1.29, 1.82) is 5.26 Å². The van der Waals surface area contributed by atoms with Gasteiger partial charge in [0, 0.05) is 55.2 Å². The van der Waals surface area contributed by atoms with E-state index in [9.17, 15) is 10.1 Å². The van der Waals surface area contributed by atoms with Gasteiger partial charge in [-0.05, 0) is 69.2 Å². The average molecular weight is 706 g/mol. The van der Waals surface area contributed by atoms with Gasteiger partial charge in [-0.2, -0.15) is 10.2 Å². The predicted octanol–water partition coefficient (Wildman–Crippen LogP) is 6.10. The number of aromatic nitrogens is 3. The normalized spacial score (nSPS) is 19.8. The zero-order chi connectivity index (χ0) is 36.2. The second kappa shape index (κ2) is 15.1. The van der Waals surface area contributed by atoms with E-state index in [4.69, 9.17) is 9.47 Å². The molecule has 7 rings (SSSR count). The molecule has 2 N–H and O–H groups in total. The molecule has 52 heavy (non-hydrogen) atoms. The average Bonchev–Trinajstić information content (AvgIpc) is 3.12. The predicted molar refractivity (Wildman–Crippen MR) is 198 cm³/mol. The number of nitriles is 1. The Bertz CT molecular complexity index is 1920. The molecule has 270 valence electrons. The lowest BCUT2D eigenvalue weighted by Crippen LogP contribution is -2.56. The summed E-state index contributed by atoms with van der Waals surface area (Å²) < 4.78 is 26.0. The number of halogens is 1. The summed E-state index contributed by atoms with van der Waals surface area (Å²) in [7, 11) is 0. The van der Waals surface area contributed by atoms with Crippen LogP contribution in [0.5, 0.6) is 0 Å². The zero-order valence-electron chi connectivity index (χ0n) is 29.8. The molecule has 3 aliphatic heterocycles. The minimum atomic E-state index is -1.33. The second-order valence-electron chi connectivity index (χ2n) is 14.4. The lowest BCUT2D eigenvalue weighted by molar-refractivity contribution is -0.0660. The second-order valence-corrected chi connectivity index (χ2v) is 14.4. The van der Waals surface area contributed by atoms with Gasteiger partial charge in [-0.25, -0.2) is 19.2 Å². The molecular formula is C39H44FN9O3. The molecule has 3 saturated heterocycles. The SMILES string of the molecule is CC(C)(C)OC(=O)N1CC[C@H](Nc2ccc(-c3ncnc(Nc4ccccc4-c4ccc(N5CCN(C6COC6)CC5)cc4)n3)cc2C#N)[C@H](F)C1. The number of piperidine rings is 1. The third kappa shape index (κ3) is 8.09. The summed E-state index contributed by atoms with van der Waals surface area (Å²) in [5, 5.41) is 16.6. The molecule has 4 heterocycles. The van der Waals surface area contributed by atoms with Crippen LogP contribution in [0.4, 0.5) is 32.2 Å². The van der Waals surface area contributed by atoms with Crippen molar-refractivity contribution in [3.63, 3.8) is 0 Å². The van der Waals surface area contributed by atoms with Gasteiger partial charge in [0.2, 0.25) is 5.95 Å². The molecule has 1 amide bonds. The molecule has 0 saturated carbocycles. The zero-order valence-corrected chi connectivity index (χ0v) is 29.8. The lowest BCUT2D eigenvalue weighted by Gasteiger charge is -2.43. The van der Waals surface area contributed by atoms with Crippen molar-refractivity contribution >= 4 is 29.1 Å². The fourth-order valence-electron chi connectivity index (χ4n) is 6.75. The molecule has 1 aromatic heterocycles. The number of para-hydroxylation sites is 1. The van der Waals surface area contributed by atoms with Crippen LogP contribution in [0, 0.1) is 11.3 Å². The van der Waals surface area contributed by atoms with Crippen molar-refractivity contribution in [1.82, 2.24) is 24.8 Å². The summed E-state index contributed by atoms with van der Waals surface area (Å²) in [4.78, 5) is 32.2. The fraction of sp³-hybridized carbons (Fsp3) is 0.410. The summed E-state index contributed by atoms with van der Waals surface area (Å²) >= 11 is 0. The van der Waals surface area contributed by atoms with Gasteiger partial charge in [-0.15, -0.1) is 0 Å². The van der Waals surface area contributed by atoms with Crippen LogP contribution in [-0.4, -0.2) is 107 Å². The number of carbonyl (C=O) groups excluding carboxylic acids is 1. The molecule has 2 atom stereocenters. The molecule has 3 fully saturated rings. The van der Waals surface area contributed by atoms with E-state index in [0.717, 1.165) is 56.2 Å². The topological polar surface area (TPSA) is 132 Å². The molecule has 3 aromatic carbocycles. The molecule has 13 heteroatoms. The molecule has 0 spiro atoms. The lowest BCUT2D eigenvalue weighted by atomic mass is 10.0. The first kappa shape index (κ1) is 35.1. The van der Waals surface area contributed by atoms with E-state index in [1.54, 1.807) is 39.0 Å². The minimum Gasteiger partial charge on any atom is -0.444 e. The number of ether oxygens (including phenoxy) is 2. The standard InChI is InChI=1S/C39H44FN9O3/c1-39(2,3)52-38(50)49-15-14-35(32(40)22-49)44-33-13-10-27(20-28(33)21-41)36-42-25-43-37(46-36)45-34-7-5-4-6-31(34)26-8-11-29(12-9-26)47-16-18-48(19-17-47)30-23-51-24-30/h4-13,20,25,30,32,35,44H,14-19,22-24H2,1-3H3,(H,42,43,45,46)/t32-,35+/m1/s1. The number of carbonyl (C=O) groups is 1. The molecule has 12 nitrogen and oxygen atoms in total. The molecule has 0 unspecified atom stereocenters. The highest BCUT2D eigenvalue weighted by Crippen LogP contribution is 2.32. The van der Waals surface area contributed by atoms with Crippen LogP contribution in [0.3, 0.4) is 0 Å². The smallest absolute Gasteiger partial charge is 0.410 e. The number of hydrogen-bond donors (Lipinski definition) is 2. The number of piperazine rings is 1. The van der Waals surface area contributed by atoms with Crippen LogP contribution in [0.2, 0.25) is 0 Å². The van der Waals surface area contributed by atoms with E-state index >= 15 is 4.39 Å². The third-order valence-electron chi connectivity index (χ3n) is 9.67. The Kier molecular flexibility index (Phi) is 10.2. The highest BCUT2D eigenvalue weighted by Gasteiger charge is 2.34. The van der Waals surface area contributed by atoms with E-state index in [0.29, 0.717) is 47.6 Å². The Labute approximate surface area is 303 Å². The number of nitrogens with one attached hydrogen (secondary N) is 2. The number of hydrogen-bond acceptors (Lipinski definition) is 11. The van der Waals surface area contributed by atoms with Crippen LogP contribution in [-0.2, 0) is 9.47 Å². The quantitative estimate of drug-likeness (QED) is 0.221. The number of alkyl halides is 1. The Morgan fingerprint density at radius 1 is 0.962 bits per heavy atom. The van der Waals surface area contributed by atoms with Gasteiger partial charge in [-0.1, -0.05) is 30.3 Å². The summed E-state index contributed by atoms with van der Waals surface area (Å²) in [6.45, 7) is 11.4. The van der Waals surface area contributed by atoms with Gasteiger partial charge in [0.1, 0.15) is 24.2 Å². The molecule has 4 aromatic rings. The Balaban J connectivity index is 1.00. The summed E-state index contributed by atoms with van der Waals surface area (Å²) in [5.74, 6) is 0.753. The van der Waals surface area contributed by atoms with Gasteiger partial charge in [-0.3, -0.25) is 4.90 Å². The Morgan fingerprint density at radius 2 is 1.71 bits per heavy atom. The van der Waals surface area contributed by atoms with Crippen LogP contribution in [0.1, 0.15) is 32.8 Å². The number of anilines is 4. The van der Waals surface area contributed by atoms with Gasteiger partial charge < -0.3 is 29.9 Å². The highest BCUT2D eigenvalue weighted by molar-refractivity contribution is 5.81. The van der Waals surface area contributed by atoms with Crippen molar-refractivity contribution < 1.29 is 18.7 Å². The molecule has 0 radical (unpaired) electrons. The van der Waals surface area contributed by atoms with Gasteiger partial charge in [0.25, 0.3) is 0 Å². The van der Waals surface area contributed by atoms with Crippen LogP contribution >= 0.6 is 0 Å². The first-order valence-electron chi connectivity index (χ1n) is 17.8. The van der Waals surface area contributed by atoms with E-state index in [1.165, 1.54) is 16.9 Å². The van der Waals surface area contributed by atoms with Crippen LogP contribution in [0.25, 0.3) is 22.5 Å². The highest BCUT2D eigenvalue weighted by atomic mass is 19.1. The number of amides is 1. The maximum absolute atomic E-state index is 15.2. The summed E-state index contributed by atoms with van der Waals surface area (Å²) in [6, 6.07) is 24.1. The first-order chi connectivity index (χ1) is 25.1. The number of benzene rings is 3. The van der Waals surface area contributed by atoms with Crippen molar-refractivity contribution in [3.8, 4) is 28.6 Å². The third-order valence-corrected chi connectivity index (χ3v) is 9.67. The molecular weight excluding hydrogens is 661 g/mol.